The molecule has 0 aromatic heterocycles. The minimum atomic E-state index is 0.0886. The Hall–Kier alpha value is -2.22. The summed E-state index contributed by atoms with van der Waals surface area (Å²) in [7, 11) is 0. The molecule has 0 aliphatic carbocycles. The van der Waals surface area contributed by atoms with Gasteiger partial charge in [-0.3, -0.25) is 4.79 Å². The van der Waals surface area contributed by atoms with Crippen LogP contribution in [-0.2, 0) is 11.3 Å². The van der Waals surface area contributed by atoms with Crippen molar-refractivity contribution in [1.29, 1.82) is 5.26 Å². The molecule has 5 heteroatoms. The highest BCUT2D eigenvalue weighted by Gasteiger charge is 2.12. The normalized spacial score (nSPS) is 10.1. The van der Waals surface area contributed by atoms with Crippen molar-refractivity contribution in [2.24, 2.45) is 0 Å². The van der Waals surface area contributed by atoms with E-state index >= 15 is 0 Å². The second kappa shape index (κ2) is 9.93. The van der Waals surface area contributed by atoms with Crippen LogP contribution < -0.4 is 0 Å². The molecule has 0 aliphatic heterocycles. The molecule has 0 N–H and O–H groups in total. The monoisotopic (exact) mass is 370 g/mol. The van der Waals surface area contributed by atoms with Crippen LogP contribution in [-0.4, -0.2) is 23.1 Å². The molecule has 1 amide bonds. The third-order valence-corrected chi connectivity index (χ3v) is 4.82. The fourth-order valence-electron chi connectivity index (χ4n) is 2.26. The lowest BCUT2D eigenvalue weighted by Gasteiger charge is -2.21. The van der Waals surface area contributed by atoms with Gasteiger partial charge in [-0.25, -0.2) is 0 Å². The van der Waals surface area contributed by atoms with Gasteiger partial charge in [-0.1, -0.05) is 29.8 Å². The van der Waals surface area contributed by atoms with Crippen molar-refractivity contribution < 1.29 is 4.79 Å². The van der Waals surface area contributed by atoms with Crippen LogP contribution in [0, 0.1) is 11.3 Å². The molecule has 3 nitrogen and oxygen atoms in total. The molecule has 0 fully saturated rings. The summed E-state index contributed by atoms with van der Waals surface area (Å²) in [4.78, 5) is 15.4. The van der Waals surface area contributed by atoms with Crippen LogP contribution in [0.25, 0.3) is 0 Å². The summed E-state index contributed by atoms with van der Waals surface area (Å²) < 4.78 is 0. The van der Waals surface area contributed by atoms with E-state index in [1.54, 1.807) is 34.9 Å². The maximum Gasteiger partial charge on any atom is 0.223 e. The van der Waals surface area contributed by atoms with Crippen molar-refractivity contribution in [2.75, 3.05) is 12.3 Å². The number of nitrogens with zero attached hydrogens (tertiary/aromatic N) is 2. The van der Waals surface area contributed by atoms with Gasteiger partial charge in [0.1, 0.15) is 0 Å². The quantitative estimate of drug-likeness (QED) is 0.490. The van der Waals surface area contributed by atoms with E-state index in [4.69, 9.17) is 16.9 Å². The van der Waals surface area contributed by atoms with Gasteiger partial charge < -0.3 is 4.90 Å². The zero-order chi connectivity index (χ0) is 18.1. The lowest BCUT2D eigenvalue weighted by Crippen LogP contribution is -2.30. The molecule has 0 heterocycles. The molecular weight excluding hydrogens is 352 g/mol. The smallest absolute Gasteiger partial charge is 0.223 e. The highest BCUT2D eigenvalue weighted by molar-refractivity contribution is 7.99. The molecule has 0 bridgehead atoms. The third kappa shape index (κ3) is 6.30. The van der Waals surface area contributed by atoms with Gasteiger partial charge in [0.25, 0.3) is 0 Å². The number of rotatable bonds is 8. The topological polar surface area (TPSA) is 44.1 Å². The Morgan fingerprint density at radius 1 is 1.20 bits per heavy atom. The zero-order valence-electron chi connectivity index (χ0n) is 13.8. The molecule has 0 saturated carbocycles. The molecule has 0 atom stereocenters. The first-order valence-electron chi connectivity index (χ1n) is 7.88. The van der Waals surface area contributed by atoms with Crippen molar-refractivity contribution in [3.05, 3.63) is 77.3 Å². The van der Waals surface area contributed by atoms with Crippen molar-refractivity contribution in [3.63, 3.8) is 0 Å². The third-order valence-electron chi connectivity index (χ3n) is 3.56. The SMILES string of the molecule is C=CCN(Cc1ccc(C#N)cc1)C(=O)CCSc1ccc(Cl)cc1. The maximum atomic E-state index is 12.5. The second-order valence-electron chi connectivity index (χ2n) is 5.42. The highest BCUT2D eigenvalue weighted by atomic mass is 35.5. The van der Waals surface area contributed by atoms with Gasteiger partial charge in [0.15, 0.2) is 0 Å². The number of carbonyl (C=O) groups excluding carboxylic acids is 1. The minimum Gasteiger partial charge on any atom is -0.335 e. The summed E-state index contributed by atoms with van der Waals surface area (Å²) in [6.45, 7) is 4.75. The number of nitriles is 1. The Bertz CT molecular complexity index is 751. The van der Waals surface area contributed by atoms with Crippen LogP contribution in [0.3, 0.4) is 0 Å². The van der Waals surface area contributed by atoms with Crippen molar-refractivity contribution in [2.45, 2.75) is 17.9 Å². The lowest BCUT2D eigenvalue weighted by molar-refractivity contribution is -0.130. The van der Waals surface area contributed by atoms with E-state index in [2.05, 4.69) is 12.6 Å². The molecule has 128 valence electrons. The van der Waals surface area contributed by atoms with E-state index in [9.17, 15) is 4.79 Å². The number of benzene rings is 2. The fourth-order valence-corrected chi connectivity index (χ4v) is 3.23. The van der Waals surface area contributed by atoms with Crippen molar-refractivity contribution in [3.8, 4) is 6.07 Å². The number of thioether (sulfide) groups is 1. The zero-order valence-corrected chi connectivity index (χ0v) is 15.4. The first kappa shape index (κ1) is 19.1. The van der Waals surface area contributed by atoms with Crippen LogP contribution in [0.2, 0.25) is 5.02 Å². The van der Waals surface area contributed by atoms with Crippen LogP contribution >= 0.6 is 23.4 Å². The molecule has 2 aromatic carbocycles. The van der Waals surface area contributed by atoms with Gasteiger partial charge in [-0.2, -0.15) is 5.26 Å². The van der Waals surface area contributed by atoms with Gasteiger partial charge in [-0.05, 0) is 42.0 Å². The summed E-state index contributed by atoms with van der Waals surface area (Å²) in [6, 6.07) is 17.0. The van der Waals surface area contributed by atoms with Crippen molar-refractivity contribution in [1.82, 2.24) is 4.90 Å². The molecular formula is C20H19ClN2OS. The van der Waals surface area contributed by atoms with Gasteiger partial charge in [-0.15, -0.1) is 18.3 Å². The number of hydrogen-bond acceptors (Lipinski definition) is 3. The molecule has 0 aliphatic rings. The standard InChI is InChI=1S/C20H19ClN2OS/c1-2-12-23(15-17-5-3-16(14-22)4-6-17)20(24)11-13-25-19-9-7-18(21)8-10-19/h2-10H,1,11-13,15H2. The summed E-state index contributed by atoms with van der Waals surface area (Å²) in [5, 5.41) is 9.56. The Balaban J connectivity index is 1.89. The molecule has 0 saturated heterocycles. The molecule has 0 unspecified atom stereocenters. The Morgan fingerprint density at radius 3 is 2.48 bits per heavy atom. The summed E-state index contributed by atoms with van der Waals surface area (Å²) in [6.07, 6.45) is 2.19. The number of amides is 1. The number of hydrogen-bond donors (Lipinski definition) is 0. The van der Waals surface area contributed by atoms with Crippen LogP contribution in [0.15, 0.2) is 66.1 Å². The molecule has 0 radical (unpaired) electrons. The minimum absolute atomic E-state index is 0.0886. The highest BCUT2D eigenvalue weighted by Crippen LogP contribution is 2.21. The van der Waals surface area contributed by atoms with Gasteiger partial charge in [0.05, 0.1) is 11.6 Å². The molecule has 25 heavy (non-hydrogen) atoms. The summed E-state index contributed by atoms with van der Waals surface area (Å²) in [5.41, 5.74) is 1.62. The molecule has 2 aromatic rings. The van der Waals surface area contributed by atoms with E-state index < -0.39 is 0 Å². The Labute approximate surface area is 157 Å². The first-order valence-corrected chi connectivity index (χ1v) is 9.25. The average molecular weight is 371 g/mol. The Kier molecular flexibility index (Phi) is 7.59. The predicted molar refractivity (Wildman–Crippen MR) is 104 cm³/mol. The van der Waals surface area contributed by atoms with E-state index in [0.717, 1.165) is 10.5 Å². The Morgan fingerprint density at radius 2 is 1.88 bits per heavy atom. The van der Waals surface area contributed by atoms with E-state index in [1.807, 2.05) is 36.4 Å². The molecule has 2 rings (SSSR count). The van der Waals surface area contributed by atoms with Crippen LogP contribution in [0.4, 0.5) is 0 Å². The van der Waals surface area contributed by atoms with E-state index in [0.29, 0.717) is 35.8 Å². The second-order valence-corrected chi connectivity index (χ2v) is 7.03. The maximum absolute atomic E-state index is 12.5. The average Bonchev–Trinajstić information content (AvgIpc) is 2.63. The van der Waals surface area contributed by atoms with E-state index in [1.165, 1.54) is 0 Å². The summed E-state index contributed by atoms with van der Waals surface area (Å²) in [5.74, 6) is 0.798. The fraction of sp³-hybridized carbons (Fsp3) is 0.200. The van der Waals surface area contributed by atoms with Gasteiger partial charge in [0.2, 0.25) is 5.91 Å². The van der Waals surface area contributed by atoms with Crippen LogP contribution in [0.1, 0.15) is 17.5 Å². The number of carbonyl (C=O) groups is 1. The summed E-state index contributed by atoms with van der Waals surface area (Å²) >= 11 is 7.51. The van der Waals surface area contributed by atoms with Crippen LogP contribution in [0.5, 0.6) is 0 Å². The lowest BCUT2D eigenvalue weighted by atomic mass is 10.1. The largest absolute Gasteiger partial charge is 0.335 e. The number of halogens is 1. The molecule has 0 spiro atoms. The van der Waals surface area contributed by atoms with Crippen molar-refractivity contribution >= 4 is 29.3 Å². The van der Waals surface area contributed by atoms with Gasteiger partial charge >= 0.3 is 0 Å². The first-order chi connectivity index (χ1) is 12.1. The van der Waals surface area contributed by atoms with Gasteiger partial charge in [0, 0.05) is 35.2 Å². The predicted octanol–water partition coefficient (Wildman–Crippen LogP) is 4.91. The van der Waals surface area contributed by atoms with E-state index in [-0.39, 0.29) is 5.91 Å².